The van der Waals surface area contributed by atoms with E-state index in [0.29, 0.717) is 0 Å². The molecule has 54 heavy (non-hydrogen) atoms. The van der Waals surface area contributed by atoms with E-state index >= 15 is 0 Å². The Kier molecular flexibility index (Phi) is 11.1. The van der Waals surface area contributed by atoms with Crippen molar-refractivity contribution >= 4 is 64.6 Å². The number of rotatable bonds is 11. The van der Waals surface area contributed by atoms with E-state index in [4.69, 9.17) is 10.5 Å². The summed E-state index contributed by atoms with van der Waals surface area (Å²) in [6.45, 7) is 0.0558. The number of ether oxygens (including phenoxy) is 1. The summed E-state index contributed by atoms with van der Waals surface area (Å²) in [7, 11) is 0. The smallest absolute Gasteiger partial charge is 0.413 e. The van der Waals surface area contributed by atoms with Crippen molar-refractivity contribution in [3.63, 3.8) is 0 Å². The van der Waals surface area contributed by atoms with Crippen LogP contribution < -0.4 is 32.3 Å². The van der Waals surface area contributed by atoms with Crippen LogP contribution in [0.1, 0.15) is 47.5 Å². The number of hydrogen-bond donors (Lipinski definition) is 6. The van der Waals surface area contributed by atoms with Crippen molar-refractivity contribution < 1.29 is 28.7 Å². The Morgan fingerprint density at radius 3 is 1.17 bits per heavy atom. The lowest BCUT2D eigenvalue weighted by Crippen LogP contribution is -2.20. The maximum atomic E-state index is 13.1. The number of nitrogens with one attached hydrogen (secondary N) is 5. The highest BCUT2D eigenvalue weighted by atomic mass is 16.5. The number of nitrogen functional groups attached to an aromatic ring is 1. The number of amides is 5. The SMILES string of the molecule is Nc1cccc(NC(=O)c2cccc(NC(=O)c3cccc(NC(=O)c4cccc(NC(=O)c5cccc(NC(=O)OCc6ccccc6)n5)n4)n3)n2)n1. The third-order valence-corrected chi connectivity index (χ3v) is 7.11. The summed E-state index contributed by atoms with van der Waals surface area (Å²) >= 11 is 0. The lowest BCUT2D eigenvalue weighted by molar-refractivity contribution is 0.100. The minimum absolute atomic E-state index is 0.00968. The standard InChI is InChI=1S/C37H29N11O6/c38-27-15-8-20-32(43-27)47-36(52)25-13-6-18-30(41-25)45-34(50)23-11-4-16-28(39-23)44-33(49)24-12-5-17-29(40-24)46-35(51)26-14-7-19-31(42-26)48-37(53)54-21-22-9-2-1-3-10-22/h1-20H,21H2,(H,39,44,49)(H,40,46,51)(H,41,45,50)(H,42,48,53)(H3,38,43,47,52). The zero-order valence-electron chi connectivity index (χ0n) is 28.0. The van der Waals surface area contributed by atoms with Crippen LogP contribution in [0.4, 0.5) is 39.7 Å². The van der Waals surface area contributed by atoms with E-state index in [2.05, 4.69) is 51.5 Å². The van der Waals surface area contributed by atoms with Crippen LogP contribution in [0.15, 0.2) is 121 Å². The lowest BCUT2D eigenvalue weighted by atomic mass is 10.2. The van der Waals surface area contributed by atoms with Gasteiger partial charge in [-0.2, -0.15) is 0 Å². The van der Waals surface area contributed by atoms with Crippen molar-refractivity contribution in [1.82, 2.24) is 24.9 Å². The van der Waals surface area contributed by atoms with Gasteiger partial charge in [0.15, 0.2) is 0 Å². The minimum atomic E-state index is -0.748. The number of carbonyl (C=O) groups excluding carboxylic acids is 5. The van der Waals surface area contributed by atoms with Crippen LogP contribution in [0.2, 0.25) is 0 Å². The fourth-order valence-corrected chi connectivity index (χ4v) is 4.63. The molecule has 0 fully saturated rings. The first kappa shape index (κ1) is 35.7. The average Bonchev–Trinajstić information content (AvgIpc) is 3.18. The summed E-state index contributed by atoms with van der Waals surface area (Å²) in [5.41, 5.74) is 6.31. The summed E-state index contributed by atoms with van der Waals surface area (Å²) in [6.07, 6.45) is -0.748. The van der Waals surface area contributed by atoms with Gasteiger partial charge in [-0.25, -0.2) is 29.7 Å². The lowest BCUT2D eigenvalue weighted by Gasteiger charge is -2.10. The molecule has 0 aliphatic heterocycles. The Balaban J connectivity index is 1.03. The zero-order chi connectivity index (χ0) is 37.9. The summed E-state index contributed by atoms with van der Waals surface area (Å²) in [6, 6.07) is 31.7. The second-order valence-corrected chi connectivity index (χ2v) is 11.1. The molecule has 0 aliphatic carbocycles. The predicted molar refractivity (Wildman–Crippen MR) is 198 cm³/mol. The van der Waals surface area contributed by atoms with E-state index in [1.807, 2.05) is 30.3 Å². The Bertz CT molecular complexity index is 2360. The van der Waals surface area contributed by atoms with E-state index in [0.717, 1.165) is 5.56 Å². The number of pyridine rings is 5. The molecular formula is C37H29N11O6. The van der Waals surface area contributed by atoms with Gasteiger partial charge in [-0.1, -0.05) is 60.7 Å². The van der Waals surface area contributed by atoms with Crippen molar-refractivity contribution in [2.45, 2.75) is 6.61 Å². The fourth-order valence-electron chi connectivity index (χ4n) is 4.63. The summed E-state index contributed by atoms with van der Waals surface area (Å²) < 4.78 is 5.20. The first-order chi connectivity index (χ1) is 26.2. The average molecular weight is 724 g/mol. The number of benzene rings is 1. The highest BCUT2D eigenvalue weighted by Gasteiger charge is 2.16. The molecule has 0 spiro atoms. The van der Waals surface area contributed by atoms with Gasteiger partial charge in [-0.3, -0.25) is 24.5 Å². The predicted octanol–water partition coefficient (Wildman–Crippen LogP) is 5.00. The number of anilines is 6. The quantitative estimate of drug-likeness (QED) is 0.103. The van der Waals surface area contributed by atoms with Gasteiger partial charge in [-0.15, -0.1) is 0 Å². The summed E-state index contributed by atoms with van der Waals surface area (Å²) in [5, 5.41) is 12.8. The molecular weight excluding hydrogens is 694 g/mol. The minimum Gasteiger partial charge on any atom is -0.444 e. The van der Waals surface area contributed by atoms with Crippen LogP contribution in [0.25, 0.3) is 0 Å². The molecule has 0 unspecified atom stereocenters. The van der Waals surface area contributed by atoms with Gasteiger partial charge in [0.2, 0.25) is 0 Å². The molecule has 5 heterocycles. The molecule has 17 nitrogen and oxygen atoms in total. The molecule has 0 aliphatic rings. The fraction of sp³-hybridized carbons (Fsp3) is 0.0270. The van der Waals surface area contributed by atoms with Crippen LogP contribution in [0.5, 0.6) is 0 Å². The van der Waals surface area contributed by atoms with Crippen LogP contribution in [-0.2, 0) is 11.3 Å². The van der Waals surface area contributed by atoms with Crippen LogP contribution in [0, 0.1) is 0 Å². The van der Waals surface area contributed by atoms with Gasteiger partial charge in [0, 0.05) is 0 Å². The first-order valence-electron chi connectivity index (χ1n) is 16.0. The van der Waals surface area contributed by atoms with Crippen molar-refractivity contribution in [1.29, 1.82) is 0 Å². The molecule has 0 saturated carbocycles. The number of carbonyl (C=O) groups is 5. The molecule has 0 saturated heterocycles. The van der Waals surface area contributed by atoms with E-state index in [1.54, 1.807) is 18.2 Å². The Labute approximate surface area is 306 Å². The molecule has 6 rings (SSSR count). The highest BCUT2D eigenvalue weighted by molar-refractivity contribution is 6.06. The molecule has 5 aromatic heterocycles. The largest absolute Gasteiger partial charge is 0.444 e. The maximum Gasteiger partial charge on any atom is 0.413 e. The van der Waals surface area contributed by atoms with Crippen LogP contribution in [0.3, 0.4) is 0 Å². The number of nitrogens with zero attached hydrogens (tertiary/aromatic N) is 5. The second kappa shape index (κ2) is 16.8. The van der Waals surface area contributed by atoms with Gasteiger partial charge in [-0.05, 0) is 66.2 Å². The van der Waals surface area contributed by atoms with Crippen molar-refractivity contribution in [3.8, 4) is 0 Å². The van der Waals surface area contributed by atoms with Gasteiger partial charge >= 0.3 is 6.09 Å². The molecule has 7 N–H and O–H groups in total. The normalized spacial score (nSPS) is 10.4. The Morgan fingerprint density at radius 2 is 0.778 bits per heavy atom. The third kappa shape index (κ3) is 9.79. The number of aromatic nitrogens is 5. The van der Waals surface area contributed by atoms with E-state index < -0.39 is 29.7 Å². The van der Waals surface area contributed by atoms with Gasteiger partial charge in [0.25, 0.3) is 23.6 Å². The van der Waals surface area contributed by atoms with Crippen LogP contribution >= 0.6 is 0 Å². The van der Waals surface area contributed by atoms with E-state index in [9.17, 15) is 24.0 Å². The van der Waals surface area contributed by atoms with Gasteiger partial charge in [0.1, 0.15) is 64.3 Å². The molecule has 0 atom stereocenters. The van der Waals surface area contributed by atoms with E-state index in [1.165, 1.54) is 72.8 Å². The second-order valence-electron chi connectivity index (χ2n) is 11.1. The van der Waals surface area contributed by atoms with Crippen LogP contribution in [-0.4, -0.2) is 54.6 Å². The van der Waals surface area contributed by atoms with Crippen molar-refractivity contribution in [3.05, 3.63) is 150 Å². The first-order valence-corrected chi connectivity index (χ1v) is 16.0. The molecule has 5 amide bonds. The molecule has 1 aromatic carbocycles. The molecule has 268 valence electrons. The van der Waals surface area contributed by atoms with Crippen molar-refractivity contribution in [2.75, 3.05) is 32.3 Å². The van der Waals surface area contributed by atoms with Gasteiger partial charge in [0.05, 0.1) is 0 Å². The molecule has 0 bridgehead atoms. The number of hydrogen-bond acceptors (Lipinski definition) is 12. The van der Waals surface area contributed by atoms with Gasteiger partial charge < -0.3 is 31.7 Å². The molecule has 17 heteroatoms. The summed E-state index contributed by atoms with van der Waals surface area (Å²) in [5.74, 6) is -1.84. The van der Waals surface area contributed by atoms with E-state index in [-0.39, 0.29) is 64.3 Å². The zero-order valence-corrected chi connectivity index (χ0v) is 28.0. The molecule has 0 radical (unpaired) electrons. The Morgan fingerprint density at radius 1 is 0.426 bits per heavy atom. The summed E-state index contributed by atoms with van der Waals surface area (Å²) in [4.78, 5) is 84.7. The monoisotopic (exact) mass is 723 g/mol. The van der Waals surface area contributed by atoms with Crippen molar-refractivity contribution in [2.24, 2.45) is 0 Å². The topological polar surface area (TPSA) is 245 Å². The Hall–Kier alpha value is -8.08. The third-order valence-electron chi connectivity index (χ3n) is 7.11. The molecule has 6 aromatic rings. The maximum absolute atomic E-state index is 13.1. The highest BCUT2D eigenvalue weighted by Crippen LogP contribution is 2.15. The number of nitrogens with two attached hydrogens (primary N) is 1.